The zero-order valence-electron chi connectivity index (χ0n) is 14.4. The topological polar surface area (TPSA) is 55.4 Å². The lowest BCUT2D eigenvalue weighted by Gasteiger charge is -2.18. The van der Waals surface area contributed by atoms with Crippen LogP contribution in [0.1, 0.15) is 42.1 Å². The molecule has 1 amide bonds. The van der Waals surface area contributed by atoms with Gasteiger partial charge in [-0.05, 0) is 37.1 Å². The van der Waals surface area contributed by atoms with E-state index in [0.717, 1.165) is 6.42 Å². The van der Waals surface area contributed by atoms with E-state index >= 15 is 0 Å². The fraction of sp³-hybridized carbons (Fsp3) is 0.300. The highest BCUT2D eigenvalue weighted by atomic mass is 35.5. The summed E-state index contributed by atoms with van der Waals surface area (Å²) >= 11 is 5.86. The lowest BCUT2D eigenvalue weighted by molar-refractivity contribution is -0.129. The average molecular weight is 360 g/mol. The number of nitrogens with one attached hydrogen (secondary N) is 1. The quantitative estimate of drug-likeness (QED) is 0.754. The van der Waals surface area contributed by atoms with E-state index in [4.69, 9.17) is 16.3 Å². The van der Waals surface area contributed by atoms with E-state index in [1.54, 1.807) is 25.1 Å². The predicted octanol–water partition coefficient (Wildman–Crippen LogP) is 4.20. The Labute approximate surface area is 153 Å². The number of hydrogen-bond acceptors (Lipinski definition) is 3. The van der Waals surface area contributed by atoms with Crippen LogP contribution in [0, 0.1) is 0 Å². The lowest BCUT2D eigenvalue weighted by Crippen LogP contribution is -2.38. The summed E-state index contributed by atoms with van der Waals surface area (Å²) in [6.45, 7) is 4.13. The van der Waals surface area contributed by atoms with Gasteiger partial charge in [0.2, 0.25) is 0 Å². The van der Waals surface area contributed by atoms with Crippen molar-refractivity contribution in [1.82, 2.24) is 5.32 Å². The number of carbonyl (C=O) groups is 2. The maximum absolute atomic E-state index is 12.2. The van der Waals surface area contributed by atoms with E-state index in [-0.39, 0.29) is 11.8 Å². The Morgan fingerprint density at radius 1 is 1.12 bits per heavy atom. The molecule has 0 heterocycles. The standard InChI is InChI=1S/C20H22ClNO3/c1-3-15(16-8-5-4-6-9-16)13-22-19(23)14(2)25-20(24)17-10-7-11-18(21)12-17/h4-12,14-15H,3,13H2,1-2H3,(H,22,23)/t14-,15+/m1/s1. The maximum atomic E-state index is 12.2. The Kier molecular flexibility index (Phi) is 7.02. The van der Waals surface area contributed by atoms with Crippen LogP contribution in [0.4, 0.5) is 0 Å². The van der Waals surface area contributed by atoms with Crippen molar-refractivity contribution in [3.63, 3.8) is 0 Å². The largest absolute Gasteiger partial charge is 0.449 e. The Morgan fingerprint density at radius 3 is 2.48 bits per heavy atom. The molecule has 0 bridgehead atoms. The summed E-state index contributed by atoms with van der Waals surface area (Å²) in [6.07, 6.45) is 0.0285. The van der Waals surface area contributed by atoms with Crippen LogP contribution in [0.15, 0.2) is 54.6 Å². The fourth-order valence-electron chi connectivity index (χ4n) is 2.49. The molecular formula is C20H22ClNO3. The van der Waals surface area contributed by atoms with Crippen molar-refractivity contribution in [2.75, 3.05) is 6.54 Å². The van der Waals surface area contributed by atoms with Crippen molar-refractivity contribution in [2.45, 2.75) is 32.3 Å². The van der Waals surface area contributed by atoms with E-state index in [2.05, 4.69) is 12.2 Å². The molecule has 2 aromatic carbocycles. The Hall–Kier alpha value is -2.33. The number of amides is 1. The zero-order valence-corrected chi connectivity index (χ0v) is 15.1. The molecule has 0 aliphatic carbocycles. The van der Waals surface area contributed by atoms with Crippen LogP contribution in [0.2, 0.25) is 5.02 Å². The van der Waals surface area contributed by atoms with Crippen LogP contribution in [0.25, 0.3) is 0 Å². The summed E-state index contributed by atoms with van der Waals surface area (Å²) in [6, 6.07) is 16.5. The molecular weight excluding hydrogens is 338 g/mol. The molecule has 0 aliphatic rings. The number of halogens is 1. The molecule has 4 nitrogen and oxygen atoms in total. The van der Waals surface area contributed by atoms with Gasteiger partial charge in [0.15, 0.2) is 6.10 Å². The van der Waals surface area contributed by atoms with Crippen molar-refractivity contribution in [3.05, 3.63) is 70.7 Å². The molecule has 0 saturated heterocycles. The van der Waals surface area contributed by atoms with Crippen LogP contribution in [-0.2, 0) is 9.53 Å². The fourth-order valence-corrected chi connectivity index (χ4v) is 2.68. The summed E-state index contributed by atoms with van der Waals surface area (Å²) in [7, 11) is 0. The van der Waals surface area contributed by atoms with Crippen molar-refractivity contribution < 1.29 is 14.3 Å². The van der Waals surface area contributed by atoms with Gasteiger partial charge in [0.1, 0.15) is 0 Å². The summed E-state index contributed by atoms with van der Waals surface area (Å²) in [5, 5.41) is 3.30. The molecule has 0 unspecified atom stereocenters. The summed E-state index contributed by atoms with van der Waals surface area (Å²) in [5.74, 6) is -0.661. The van der Waals surface area contributed by atoms with Crippen LogP contribution in [0.3, 0.4) is 0 Å². The molecule has 0 aliphatic heterocycles. The van der Waals surface area contributed by atoms with E-state index in [0.29, 0.717) is 17.1 Å². The third-order valence-electron chi connectivity index (χ3n) is 4.00. The van der Waals surface area contributed by atoms with Gasteiger partial charge < -0.3 is 10.1 Å². The van der Waals surface area contributed by atoms with Gasteiger partial charge in [-0.15, -0.1) is 0 Å². The van der Waals surface area contributed by atoms with Crippen LogP contribution in [0.5, 0.6) is 0 Å². The first-order valence-corrected chi connectivity index (χ1v) is 8.68. The van der Waals surface area contributed by atoms with Gasteiger partial charge in [-0.2, -0.15) is 0 Å². The van der Waals surface area contributed by atoms with E-state index in [1.165, 1.54) is 11.6 Å². The van der Waals surface area contributed by atoms with Crippen molar-refractivity contribution in [3.8, 4) is 0 Å². The Bertz CT molecular complexity index is 718. The van der Waals surface area contributed by atoms with Gasteiger partial charge in [-0.3, -0.25) is 4.79 Å². The van der Waals surface area contributed by atoms with Gasteiger partial charge in [0.05, 0.1) is 5.56 Å². The first-order chi connectivity index (χ1) is 12.0. The van der Waals surface area contributed by atoms with E-state index in [1.807, 2.05) is 30.3 Å². The molecule has 1 N–H and O–H groups in total. The normalized spacial score (nSPS) is 12.9. The third-order valence-corrected chi connectivity index (χ3v) is 4.23. The van der Waals surface area contributed by atoms with Gasteiger partial charge in [0.25, 0.3) is 5.91 Å². The predicted molar refractivity (Wildman–Crippen MR) is 98.8 cm³/mol. The number of esters is 1. The summed E-state index contributed by atoms with van der Waals surface area (Å²) in [4.78, 5) is 24.3. The molecule has 2 rings (SSSR count). The van der Waals surface area contributed by atoms with Crippen LogP contribution in [-0.4, -0.2) is 24.5 Å². The molecule has 0 saturated carbocycles. The SMILES string of the molecule is CC[C@@H](CNC(=O)[C@@H](C)OC(=O)c1cccc(Cl)c1)c1ccccc1. The van der Waals surface area contributed by atoms with Crippen molar-refractivity contribution >= 4 is 23.5 Å². The highest BCUT2D eigenvalue weighted by molar-refractivity contribution is 6.30. The monoisotopic (exact) mass is 359 g/mol. The minimum absolute atomic E-state index is 0.223. The smallest absolute Gasteiger partial charge is 0.338 e. The molecule has 0 spiro atoms. The molecule has 2 atom stereocenters. The summed E-state index contributed by atoms with van der Waals surface area (Å²) in [5.41, 5.74) is 1.50. The zero-order chi connectivity index (χ0) is 18.2. The second-order valence-corrected chi connectivity index (χ2v) is 6.26. The van der Waals surface area contributed by atoms with Gasteiger partial charge in [-0.25, -0.2) is 4.79 Å². The highest BCUT2D eigenvalue weighted by Crippen LogP contribution is 2.18. The summed E-state index contributed by atoms with van der Waals surface area (Å²) < 4.78 is 5.22. The van der Waals surface area contributed by atoms with Gasteiger partial charge >= 0.3 is 5.97 Å². The Balaban J connectivity index is 1.88. The molecule has 2 aromatic rings. The van der Waals surface area contributed by atoms with E-state index in [9.17, 15) is 9.59 Å². The minimum atomic E-state index is -0.875. The van der Waals surface area contributed by atoms with Gasteiger partial charge in [0, 0.05) is 17.5 Å². The number of ether oxygens (including phenoxy) is 1. The van der Waals surface area contributed by atoms with Gasteiger partial charge in [-0.1, -0.05) is 54.9 Å². The first kappa shape index (κ1) is 19.0. The van der Waals surface area contributed by atoms with Crippen molar-refractivity contribution in [1.29, 1.82) is 0 Å². The molecule has 5 heteroatoms. The lowest BCUT2D eigenvalue weighted by atomic mass is 9.96. The number of hydrogen-bond donors (Lipinski definition) is 1. The third kappa shape index (κ3) is 5.61. The van der Waals surface area contributed by atoms with Crippen LogP contribution < -0.4 is 5.32 Å². The molecule has 132 valence electrons. The second kappa shape index (κ2) is 9.23. The Morgan fingerprint density at radius 2 is 1.84 bits per heavy atom. The van der Waals surface area contributed by atoms with E-state index < -0.39 is 12.1 Å². The first-order valence-electron chi connectivity index (χ1n) is 8.30. The molecule has 25 heavy (non-hydrogen) atoms. The van der Waals surface area contributed by atoms with Crippen molar-refractivity contribution in [2.24, 2.45) is 0 Å². The molecule has 0 fully saturated rings. The maximum Gasteiger partial charge on any atom is 0.338 e. The second-order valence-electron chi connectivity index (χ2n) is 5.82. The molecule has 0 radical (unpaired) electrons. The number of carbonyl (C=O) groups excluding carboxylic acids is 2. The highest BCUT2D eigenvalue weighted by Gasteiger charge is 2.20. The minimum Gasteiger partial charge on any atom is -0.449 e. The van der Waals surface area contributed by atoms with Crippen LogP contribution >= 0.6 is 11.6 Å². The number of benzene rings is 2. The number of rotatable bonds is 7. The average Bonchev–Trinajstić information content (AvgIpc) is 2.62. The molecule has 0 aromatic heterocycles.